The van der Waals surface area contributed by atoms with E-state index in [4.69, 9.17) is 10.5 Å². The van der Waals surface area contributed by atoms with E-state index >= 15 is 0 Å². The molecule has 1 fully saturated rings. The first-order chi connectivity index (χ1) is 8.43. The number of amides is 1. The Morgan fingerprint density at radius 2 is 2.28 bits per heavy atom. The zero-order valence-electron chi connectivity index (χ0n) is 9.54. The number of esters is 1. The highest BCUT2D eigenvalue weighted by Crippen LogP contribution is 2.39. The summed E-state index contributed by atoms with van der Waals surface area (Å²) in [6.07, 6.45) is 0. The molecule has 98 valence electrons. The maximum Gasteiger partial charge on any atom is 0.302 e. The third kappa shape index (κ3) is 1.97. The lowest BCUT2D eigenvalue weighted by molar-refractivity contribution is -0.301. The maximum absolute atomic E-state index is 11.5. The van der Waals surface area contributed by atoms with E-state index in [2.05, 4.69) is 0 Å². The minimum atomic E-state index is -1.46. The number of β-lactam (4-membered cyclic amide) rings is 1. The summed E-state index contributed by atoms with van der Waals surface area (Å²) < 4.78 is 4.76. The van der Waals surface area contributed by atoms with Gasteiger partial charge in [0.1, 0.15) is 18.0 Å². The van der Waals surface area contributed by atoms with Gasteiger partial charge in [-0.3, -0.25) is 14.5 Å². The zero-order chi connectivity index (χ0) is 13.4. The molecule has 2 atom stereocenters. The van der Waals surface area contributed by atoms with Crippen LogP contribution < -0.4 is 10.8 Å². The van der Waals surface area contributed by atoms with E-state index in [-0.39, 0.29) is 17.7 Å². The van der Waals surface area contributed by atoms with Crippen LogP contribution in [-0.4, -0.2) is 46.5 Å². The van der Waals surface area contributed by atoms with Crippen molar-refractivity contribution in [3.05, 3.63) is 11.3 Å². The summed E-state index contributed by atoms with van der Waals surface area (Å²) in [6.45, 7) is 1.07. The minimum absolute atomic E-state index is 0.155. The second kappa shape index (κ2) is 4.62. The van der Waals surface area contributed by atoms with Crippen LogP contribution in [0.5, 0.6) is 0 Å². The van der Waals surface area contributed by atoms with Crippen LogP contribution >= 0.6 is 11.8 Å². The Hall–Kier alpha value is -1.54. The number of aliphatic carboxylic acids is 1. The van der Waals surface area contributed by atoms with Crippen molar-refractivity contribution < 1.29 is 24.2 Å². The maximum atomic E-state index is 11.5. The molecule has 0 aromatic heterocycles. The molecular weight excluding hydrogens is 260 g/mol. The number of nitrogens with zero attached hydrogens (tertiary/aromatic N) is 1. The average molecular weight is 271 g/mol. The van der Waals surface area contributed by atoms with Gasteiger partial charge >= 0.3 is 5.97 Å². The standard InChI is InChI=1S/C10H12N2O5S/c1-4(13)17-2-5-3-18-9-6(11)8(14)12(9)7(5)10(15)16/h6,9H,2-3,11H2,1H3,(H,15,16)/p-1/t6-,9-/m1/s1. The molecule has 0 aromatic carbocycles. The fourth-order valence-electron chi connectivity index (χ4n) is 1.87. The number of hydrogen-bond acceptors (Lipinski definition) is 7. The van der Waals surface area contributed by atoms with Crippen molar-refractivity contribution in [1.29, 1.82) is 0 Å². The monoisotopic (exact) mass is 271 g/mol. The van der Waals surface area contributed by atoms with Gasteiger partial charge in [-0.15, -0.1) is 11.8 Å². The summed E-state index contributed by atoms with van der Waals surface area (Å²) in [4.78, 5) is 34.5. The number of carboxylic acid groups (broad SMARTS) is 1. The smallest absolute Gasteiger partial charge is 0.302 e. The lowest BCUT2D eigenvalue weighted by atomic mass is 10.0. The number of fused-ring (bicyclic) bond motifs is 1. The molecule has 0 aromatic rings. The fourth-order valence-corrected chi connectivity index (χ4v) is 3.14. The Labute approximate surface area is 107 Å². The molecule has 0 radical (unpaired) electrons. The average Bonchev–Trinajstić information content (AvgIpc) is 2.33. The van der Waals surface area contributed by atoms with Crippen molar-refractivity contribution in [2.24, 2.45) is 5.73 Å². The number of carbonyl (C=O) groups excluding carboxylic acids is 3. The van der Waals surface area contributed by atoms with Gasteiger partial charge in [0.2, 0.25) is 5.91 Å². The molecule has 2 N–H and O–H groups in total. The SMILES string of the molecule is CC(=O)OCC1=C(C(=O)[O-])N2C(=O)[C@@H](N)[C@H]2SC1. The number of thioether (sulfide) groups is 1. The molecule has 1 amide bonds. The van der Waals surface area contributed by atoms with E-state index < -0.39 is 23.9 Å². The molecule has 2 rings (SSSR count). The first kappa shape index (κ1) is 12.9. The number of nitrogens with two attached hydrogens (primary N) is 1. The molecule has 1 saturated heterocycles. The molecule has 2 heterocycles. The van der Waals surface area contributed by atoms with Crippen molar-refractivity contribution in [3.8, 4) is 0 Å². The van der Waals surface area contributed by atoms with Gasteiger partial charge in [-0.25, -0.2) is 0 Å². The molecule has 18 heavy (non-hydrogen) atoms. The molecule has 0 bridgehead atoms. The number of ether oxygens (including phenoxy) is 1. The lowest BCUT2D eigenvalue weighted by Gasteiger charge is -2.49. The summed E-state index contributed by atoms with van der Waals surface area (Å²) in [5.41, 5.74) is 5.71. The van der Waals surface area contributed by atoms with Gasteiger partial charge in [0.05, 0.1) is 11.7 Å². The molecule has 0 spiro atoms. The molecule has 8 heteroatoms. The summed E-state index contributed by atoms with van der Waals surface area (Å²) in [5.74, 6) is -2.08. The predicted molar refractivity (Wildman–Crippen MR) is 59.7 cm³/mol. The number of carbonyl (C=O) groups is 3. The number of carboxylic acids is 1. The van der Waals surface area contributed by atoms with Gasteiger partial charge in [-0.1, -0.05) is 0 Å². The van der Waals surface area contributed by atoms with Crippen LogP contribution in [0.15, 0.2) is 11.3 Å². The largest absolute Gasteiger partial charge is 0.543 e. The van der Waals surface area contributed by atoms with E-state index in [0.29, 0.717) is 11.3 Å². The third-order valence-corrected chi connectivity index (χ3v) is 4.09. The topological polar surface area (TPSA) is 113 Å². The van der Waals surface area contributed by atoms with Gasteiger partial charge in [0.15, 0.2) is 0 Å². The number of hydrogen-bond donors (Lipinski definition) is 1. The van der Waals surface area contributed by atoms with E-state index in [1.165, 1.54) is 18.7 Å². The van der Waals surface area contributed by atoms with Crippen molar-refractivity contribution >= 4 is 29.6 Å². The Morgan fingerprint density at radius 3 is 2.83 bits per heavy atom. The van der Waals surface area contributed by atoms with Gasteiger partial charge < -0.3 is 20.4 Å². The van der Waals surface area contributed by atoms with Crippen molar-refractivity contribution in [2.75, 3.05) is 12.4 Å². The first-order valence-corrected chi connectivity index (χ1v) is 6.25. The predicted octanol–water partition coefficient (Wildman–Crippen LogP) is -2.20. The van der Waals surface area contributed by atoms with Crippen LogP contribution in [0.1, 0.15) is 6.92 Å². The fraction of sp³-hybridized carbons (Fsp3) is 0.500. The number of rotatable bonds is 3. The van der Waals surface area contributed by atoms with E-state index in [0.717, 1.165) is 4.90 Å². The van der Waals surface area contributed by atoms with Crippen molar-refractivity contribution in [1.82, 2.24) is 4.90 Å². The molecule has 0 saturated carbocycles. The zero-order valence-corrected chi connectivity index (χ0v) is 10.4. The Bertz CT molecular complexity index is 461. The van der Waals surface area contributed by atoms with E-state index in [1.807, 2.05) is 0 Å². The highest BCUT2D eigenvalue weighted by atomic mass is 32.2. The molecule has 2 aliphatic heterocycles. The molecule has 0 aliphatic carbocycles. The highest BCUT2D eigenvalue weighted by molar-refractivity contribution is 8.00. The molecule has 2 aliphatic rings. The minimum Gasteiger partial charge on any atom is -0.543 e. The van der Waals surface area contributed by atoms with Gasteiger partial charge in [-0.2, -0.15) is 0 Å². The summed E-state index contributed by atoms with van der Waals surface area (Å²) in [7, 11) is 0. The van der Waals surface area contributed by atoms with Gasteiger partial charge in [0.25, 0.3) is 0 Å². The molecule has 7 nitrogen and oxygen atoms in total. The van der Waals surface area contributed by atoms with Crippen LogP contribution in [0.4, 0.5) is 0 Å². The van der Waals surface area contributed by atoms with Gasteiger partial charge in [0, 0.05) is 18.2 Å². The highest BCUT2D eigenvalue weighted by Gasteiger charge is 2.50. The lowest BCUT2D eigenvalue weighted by Crippen LogP contribution is -2.69. The summed E-state index contributed by atoms with van der Waals surface area (Å²) in [6, 6.07) is -0.681. The van der Waals surface area contributed by atoms with Crippen LogP contribution in [0.25, 0.3) is 0 Å². The summed E-state index contributed by atoms with van der Waals surface area (Å²) in [5, 5.41) is 10.7. The Balaban J connectivity index is 2.26. The molecule has 0 unspecified atom stereocenters. The first-order valence-electron chi connectivity index (χ1n) is 5.20. The van der Waals surface area contributed by atoms with Crippen molar-refractivity contribution in [3.63, 3.8) is 0 Å². The van der Waals surface area contributed by atoms with Gasteiger partial charge in [-0.05, 0) is 0 Å². The van der Waals surface area contributed by atoms with Crippen LogP contribution in [0, 0.1) is 0 Å². The van der Waals surface area contributed by atoms with Crippen LogP contribution in [-0.2, 0) is 19.1 Å². The second-order valence-corrected chi connectivity index (χ2v) is 5.06. The van der Waals surface area contributed by atoms with E-state index in [1.54, 1.807) is 0 Å². The third-order valence-electron chi connectivity index (χ3n) is 2.73. The van der Waals surface area contributed by atoms with Crippen LogP contribution in [0.2, 0.25) is 0 Å². The normalized spacial score (nSPS) is 26.6. The Morgan fingerprint density at radius 1 is 1.61 bits per heavy atom. The van der Waals surface area contributed by atoms with Crippen molar-refractivity contribution in [2.45, 2.75) is 18.3 Å². The Kier molecular flexibility index (Phi) is 3.31. The van der Waals surface area contributed by atoms with Crippen LogP contribution in [0.3, 0.4) is 0 Å². The van der Waals surface area contributed by atoms with E-state index in [9.17, 15) is 19.5 Å². The molecular formula is C10H11N2O5S-. The quantitative estimate of drug-likeness (QED) is 0.457. The summed E-state index contributed by atoms with van der Waals surface area (Å²) >= 11 is 1.35. The second-order valence-electron chi connectivity index (χ2n) is 3.96.